The van der Waals surface area contributed by atoms with Crippen LogP contribution in [-0.4, -0.2) is 19.0 Å². The van der Waals surface area contributed by atoms with Crippen molar-refractivity contribution in [3.63, 3.8) is 0 Å². The van der Waals surface area contributed by atoms with Crippen LogP contribution in [-0.2, 0) is 0 Å². The first-order chi connectivity index (χ1) is 10.6. The fourth-order valence-electron chi connectivity index (χ4n) is 2.29. The number of hydrogen-bond donors (Lipinski definition) is 0. The summed E-state index contributed by atoms with van der Waals surface area (Å²) in [6.07, 6.45) is 1.84. The molecule has 1 aliphatic rings. The van der Waals surface area contributed by atoms with Gasteiger partial charge in [0.15, 0.2) is 17.3 Å². The van der Waals surface area contributed by atoms with E-state index < -0.39 is 0 Å². The lowest BCUT2D eigenvalue weighted by molar-refractivity contribution is 0.103. The average molecular weight is 315 g/mol. The third-order valence-electron chi connectivity index (χ3n) is 3.41. The maximum atomic E-state index is 12.4. The minimum absolute atomic E-state index is 0.0217. The van der Waals surface area contributed by atoms with Gasteiger partial charge in [-0.1, -0.05) is 17.7 Å². The summed E-state index contributed by atoms with van der Waals surface area (Å²) in [5, 5.41) is 0.616. The second kappa shape index (κ2) is 6.24. The molecule has 0 radical (unpaired) electrons. The van der Waals surface area contributed by atoms with Gasteiger partial charge in [0.2, 0.25) is 0 Å². The summed E-state index contributed by atoms with van der Waals surface area (Å²) < 4.78 is 11.0. The van der Waals surface area contributed by atoms with Crippen LogP contribution in [0.15, 0.2) is 48.0 Å². The van der Waals surface area contributed by atoms with Crippen LogP contribution < -0.4 is 9.47 Å². The van der Waals surface area contributed by atoms with Crippen molar-refractivity contribution in [2.75, 3.05) is 13.2 Å². The van der Waals surface area contributed by atoms with Crippen molar-refractivity contribution < 1.29 is 14.3 Å². The van der Waals surface area contributed by atoms with Crippen molar-refractivity contribution in [1.82, 2.24) is 0 Å². The topological polar surface area (TPSA) is 35.5 Å². The SMILES string of the molecule is C/C(=C\c1ccc2c(c1)OCCO2)C(=O)c1ccc(Cl)cc1. The molecule has 112 valence electrons. The summed E-state index contributed by atoms with van der Waals surface area (Å²) >= 11 is 5.84. The highest BCUT2D eigenvalue weighted by atomic mass is 35.5. The van der Waals surface area contributed by atoms with Gasteiger partial charge < -0.3 is 9.47 Å². The average Bonchev–Trinajstić information content (AvgIpc) is 2.55. The number of allylic oxidation sites excluding steroid dienone is 1. The molecule has 0 atom stereocenters. The van der Waals surface area contributed by atoms with Gasteiger partial charge in [-0.2, -0.15) is 0 Å². The number of benzene rings is 2. The van der Waals surface area contributed by atoms with Crippen LogP contribution in [0.3, 0.4) is 0 Å². The number of halogens is 1. The Morgan fingerprint density at radius 2 is 1.73 bits per heavy atom. The Labute approximate surface area is 134 Å². The van der Waals surface area contributed by atoms with Crippen molar-refractivity contribution in [2.45, 2.75) is 6.92 Å². The molecule has 0 spiro atoms. The molecule has 0 unspecified atom stereocenters. The second-order valence-corrected chi connectivity index (χ2v) is 5.50. The summed E-state index contributed by atoms with van der Waals surface area (Å²) in [4.78, 5) is 12.4. The van der Waals surface area contributed by atoms with Gasteiger partial charge in [-0.15, -0.1) is 0 Å². The van der Waals surface area contributed by atoms with Gasteiger partial charge in [-0.25, -0.2) is 0 Å². The highest BCUT2D eigenvalue weighted by Gasteiger charge is 2.12. The van der Waals surface area contributed by atoms with Gasteiger partial charge in [-0.3, -0.25) is 4.79 Å². The van der Waals surface area contributed by atoms with Gasteiger partial charge in [0, 0.05) is 10.6 Å². The van der Waals surface area contributed by atoms with Gasteiger partial charge in [0.05, 0.1) is 0 Å². The van der Waals surface area contributed by atoms with Gasteiger partial charge in [0.1, 0.15) is 13.2 Å². The molecule has 4 heteroatoms. The summed E-state index contributed by atoms with van der Waals surface area (Å²) in [5.41, 5.74) is 2.18. The molecule has 0 bridgehead atoms. The number of fused-ring (bicyclic) bond motifs is 1. The summed E-state index contributed by atoms with van der Waals surface area (Å²) in [6.45, 7) is 2.91. The fraction of sp³-hybridized carbons (Fsp3) is 0.167. The Bertz CT molecular complexity index is 732. The van der Waals surface area contributed by atoms with Gasteiger partial charge >= 0.3 is 0 Å². The third-order valence-corrected chi connectivity index (χ3v) is 3.67. The van der Waals surface area contributed by atoms with Crippen molar-refractivity contribution in [1.29, 1.82) is 0 Å². The number of rotatable bonds is 3. The van der Waals surface area contributed by atoms with Crippen LogP contribution in [0.4, 0.5) is 0 Å². The quantitative estimate of drug-likeness (QED) is 0.622. The Morgan fingerprint density at radius 1 is 1.05 bits per heavy atom. The minimum Gasteiger partial charge on any atom is -0.486 e. The smallest absolute Gasteiger partial charge is 0.188 e. The summed E-state index contributed by atoms with van der Waals surface area (Å²) in [5.74, 6) is 1.43. The number of hydrogen-bond acceptors (Lipinski definition) is 3. The lowest BCUT2D eigenvalue weighted by Crippen LogP contribution is -2.15. The molecule has 3 rings (SSSR count). The standard InChI is InChI=1S/C18H15ClO3/c1-12(18(20)14-3-5-15(19)6-4-14)10-13-2-7-16-17(11-13)22-9-8-21-16/h2-7,10-11H,8-9H2,1H3/b12-10+. The second-order valence-electron chi connectivity index (χ2n) is 5.07. The molecule has 1 aliphatic heterocycles. The van der Waals surface area contributed by atoms with Gasteiger partial charge in [0.25, 0.3) is 0 Å². The minimum atomic E-state index is -0.0217. The van der Waals surface area contributed by atoms with Crippen molar-refractivity contribution >= 4 is 23.5 Å². The predicted molar refractivity (Wildman–Crippen MR) is 86.9 cm³/mol. The molecule has 0 aliphatic carbocycles. The van der Waals surface area contributed by atoms with E-state index in [1.807, 2.05) is 24.3 Å². The maximum Gasteiger partial charge on any atom is 0.188 e. The zero-order valence-electron chi connectivity index (χ0n) is 12.1. The van der Waals surface area contributed by atoms with E-state index in [4.69, 9.17) is 21.1 Å². The van der Waals surface area contributed by atoms with Gasteiger partial charge in [-0.05, 0) is 60.5 Å². The predicted octanol–water partition coefficient (Wildman–Crippen LogP) is 4.40. The number of Topliss-reactive ketones (excluding diaryl/α,β-unsaturated/α-hetero) is 1. The zero-order chi connectivity index (χ0) is 15.5. The molecule has 2 aromatic rings. The number of carbonyl (C=O) groups excluding carboxylic acids is 1. The van der Waals surface area contributed by atoms with E-state index in [0.29, 0.717) is 35.1 Å². The lowest BCUT2D eigenvalue weighted by Gasteiger charge is -2.18. The van der Waals surface area contributed by atoms with Crippen LogP contribution in [0.25, 0.3) is 6.08 Å². The molecule has 0 aromatic heterocycles. The van der Waals surface area contributed by atoms with E-state index in [1.54, 1.807) is 31.2 Å². The fourth-order valence-corrected chi connectivity index (χ4v) is 2.42. The molecule has 0 N–H and O–H groups in total. The Kier molecular flexibility index (Phi) is 4.16. The molecular formula is C18H15ClO3. The van der Waals surface area contributed by atoms with E-state index in [9.17, 15) is 4.79 Å². The van der Waals surface area contributed by atoms with Crippen molar-refractivity contribution in [2.24, 2.45) is 0 Å². The lowest BCUT2D eigenvalue weighted by atomic mass is 10.0. The highest BCUT2D eigenvalue weighted by molar-refractivity contribution is 6.30. The molecule has 0 saturated carbocycles. The number of ketones is 1. The van der Waals surface area contributed by atoms with E-state index in [1.165, 1.54) is 0 Å². The molecule has 0 fully saturated rings. The zero-order valence-corrected chi connectivity index (χ0v) is 12.9. The molecule has 3 nitrogen and oxygen atoms in total. The van der Waals surface area contributed by atoms with E-state index in [-0.39, 0.29) is 5.78 Å². The van der Waals surface area contributed by atoms with E-state index in [2.05, 4.69) is 0 Å². The van der Waals surface area contributed by atoms with E-state index in [0.717, 1.165) is 11.3 Å². The Hall–Kier alpha value is -2.26. The molecule has 0 saturated heterocycles. The Balaban J connectivity index is 1.84. The Morgan fingerprint density at radius 3 is 2.45 bits per heavy atom. The van der Waals surface area contributed by atoms with Crippen LogP contribution >= 0.6 is 11.6 Å². The largest absolute Gasteiger partial charge is 0.486 e. The molecule has 1 heterocycles. The van der Waals surface area contributed by atoms with E-state index >= 15 is 0 Å². The van der Waals surface area contributed by atoms with Crippen LogP contribution in [0.5, 0.6) is 11.5 Å². The normalized spacial score (nSPS) is 13.8. The molecule has 0 amide bonds. The number of carbonyl (C=O) groups is 1. The first-order valence-corrected chi connectivity index (χ1v) is 7.39. The molecular weight excluding hydrogens is 300 g/mol. The first kappa shape index (κ1) is 14.7. The maximum absolute atomic E-state index is 12.4. The molecule has 2 aromatic carbocycles. The summed E-state index contributed by atoms with van der Waals surface area (Å²) in [6, 6.07) is 12.5. The van der Waals surface area contributed by atoms with Crippen molar-refractivity contribution in [3.8, 4) is 11.5 Å². The third kappa shape index (κ3) is 3.15. The first-order valence-electron chi connectivity index (χ1n) is 7.02. The van der Waals surface area contributed by atoms with Crippen LogP contribution in [0, 0.1) is 0 Å². The number of ether oxygens (including phenoxy) is 2. The van der Waals surface area contributed by atoms with Crippen molar-refractivity contribution in [3.05, 3.63) is 64.2 Å². The summed E-state index contributed by atoms with van der Waals surface area (Å²) in [7, 11) is 0. The van der Waals surface area contributed by atoms with Crippen LogP contribution in [0.2, 0.25) is 5.02 Å². The monoisotopic (exact) mass is 314 g/mol. The highest BCUT2D eigenvalue weighted by Crippen LogP contribution is 2.31. The van der Waals surface area contributed by atoms with Crippen LogP contribution in [0.1, 0.15) is 22.8 Å². The molecule has 22 heavy (non-hydrogen) atoms.